The summed E-state index contributed by atoms with van der Waals surface area (Å²) in [7, 11) is 0. The zero-order valence-corrected chi connectivity index (χ0v) is 14.6. The molecule has 1 aliphatic rings. The molecule has 0 bridgehead atoms. The maximum atomic E-state index is 10.1. The molecule has 2 aromatic heterocycles. The largest absolute Gasteiger partial charge is 0.394 e. The van der Waals surface area contributed by atoms with Crippen LogP contribution in [0.4, 0.5) is 5.82 Å². The number of ether oxygens (including phenoxy) is 1. The van der Waals surface area contributed by atoms with Crippen LogP contribution in [-0.4, -0.2) is 53.8 Å². The maximum absolute atomic E-state index is 10.1. The lowest BCUT2D eigenvalue weighted by Crippen LogP contribution is -2.30. The number of hydrogen-bond acceptors (Lipinski definition) is 8. The Kier molecular flexibility index (Phi) is 4.95. The van der Waals surface area contributed by atoms with Crippen LogP contribution in [0.5, 0.6) is 0 Å². The fraction of sp³-hybridized carbons (Fsp3) is 0.667. The number of fused-ring (bicyclic) bond motifs is 1. The van der Waals surface area contributed by atoms with E-state index in [1.807, 2.05) is 0 Å². The van der Waals surface area contributed by atoms with Gasteiger partial charge in [0.25, 0.3) is 0 Å². The van der Waals surface area contributed by atoms with E-state index in [4.69, 9.17) is 10.5 Å². The van der Waals surface area contributed by atoms with Crippen LogP contribution in [0.15, 0.2) is 6.33 Å². The number of thiol groups is 1. The zero-order valence-electron chi connectivity index (χ0n) is 13.7. The number of nitrogens with two attached hydrogens (primary N) is 1. The highest BCUT2D eigenvalue weighted by Crippen LogP contribution is 2.35. The first-order valence-electron chi connectivity index (χ1n) is 8.03. The van der Waals surface area contributed by atoms with Gasteiger partial charge < -0.3 is 20.7 Å². The number of nitrogens with zero attached hydrogens (tertiary/aromatic N) is 4. The maximum Gasteiger partial charge on any atom is 0.167 e. The Bertz CT molecular complexity index is 722. The summed E-state index contributed by atoms with van der Waals surface area (Å²) >= 11 is 4.42. The number of anilines is 1. The van der Waals surface area contributed by atoms with E-state index >= 15 is 0 Å². The van der Waals surface area contributed by atoms with E-state index < -0.39 is 23.7 Å². The van der Waals surface area contributed by atoms with Gasteiger partial charge in [-0.3, -0.25) is 4.57 Å². The van der Waals surface area contributed by atoms with Gasteiger partial charge in [0.15, 0.2) is 17.7 Å². The number of aliphatic hydroxyl groups excluding tert-OH is 2. The molecule has 4 N–H and O–H groups in total. The number of rotatable bonds is 5. The summed E-state index contributed by atoms with van der Waals surface area (Å²) in [6, 6.07) is 0. The molecule has 1 aliphatic heterocycles. The topological polar surface area (TPSA) is 119 Å². The monoisotopic (exact) mass is 353 g/mol. The predicted molar refractivity (Wildman–Crippen MR) is 92.7 cm³/mol. The average molecular weight is 353 g/mol. The zero-order chi connectivity index (χ0) is 17.4. The van der Waals surface area contributed by atoms with E-state index in [2.05, 4.69) is 41.4 Å². The minimum atomic E-state index is -0.875. The van der Waals surface area contributed by atoms with Gasteiger partial charge in [-0.1, -0.05) is 13.8 Å². The standard InChI is InChI=1S/C15H23N5O3S/c1-7(2)3-4-9-18-13(16)10-14(19-9)20(6-17-10)15-12(24)11(22)8(5-21)23-15/h6-8,11-12,15,21-22,24H,3-5H2,1-2H3,(H2,16,18,19)/t8-,11-,12-,15-/m1/s1. The van der Waals surface area contributed by atoms with E-state index in [-0.39, 0.29) is 6.61 Å². The molecule has 0 aromatic carbocycles. The minimum absolute atomic E-state index is 0.280. The van der Waals surface area contributed by atoms with Crippen LogP contribution in [0.2, 0.25) is 0 Å². The molecule has 4 atom stereocenters. The number of aromatic nitrogens is 4. The number of hydrogen-bond donors (Lipinski definition) is 4. The molecule has 0 aliphatic carbocycles. The summed E-state index contributed by atoms with van der Waals surface area (Å²) in [6.45, 7) is 4.00. The van der Waals surface area contributed by atoms with Crippen LogP contribution in [0.3, 0.4) is 0 Å². The summed E-state index contributed by atoms with van der Waals surface area (Å²) in [5.41, 5.74) is 7.06. The summed E-state index contributed by atoms with van der Waals surface area (Å²) in [5.74, 6) is 1.52. The van der Waals surface area contributed by atoms with E-state index in [1.165, 1.54) is 0 Å². The molecule has 0 radical (unpaired) electrons. The third kappa shape index (κ3) is 3.08. The molecule has 2 aromatic rings. The fourth-order valence-corrected chi connectivity index (χ4v) is 3.22. The van der Waals surface area contributed by atoms with Gasteiger partial charge in [0, 0.05) is 6.42 Å². The van der Waals surface area contributed by atoms with Crippen molar-refractivity contribution in [2.45, 2.75) is 50.4 Å². The fourth-order valence-electron chi connectivity index (χ4n) is 2.81. The first-order chi connectivity index (χ1) is 11.4. The molecule has 0 amide bonds. The minimum Gasteiger partial charge on any atom is -0.394 e. The Labute approximate surface area is 145 Å². The lowest BCUT2D eigenvalue weighted by molar-refractivity contribution is -0.0430. The van der Waals surface area contributed by atoms with Gasteiger partial charge >= 0.3 is 0 Å². The van der Waals surface area contributed by atoms with Gasteiger partial charge in [0.05, 0.1) is 24.3 Å². The Morgan fingerprint density at radius 3 is 2.79 bits per heavy atom. The Balaban J connectivity index is 1.97. The number of imidazole rings is 1. The van der Waals surface area contributed by atoms with Crippen molar-refractivity contribution in [1.82, 2.24) is 19.5 Å². The van der Waals surface area contributed by atoms with Crippen molar-refractivity contribution in [2.24, 2.45) is 5.92 Å². The number of nitrogen functional groups attached to an aromatic ring is 1. The van der Waals surface area contributed by atoms with Crippen LogP contribution in [0.25, 0.3) is 11.2 Å². The van der Waals surface area contributed by atoms with Crippen molar-refractivity contribution in [3.8, 4) is 0 Å². The second kappa shape index (κ2) is 6.83. The van der Waals surface area contributed by atoms with Gasteiger partial charge in [-0.05, 0) is 12.3 Å². The summed E-state index contributed by atoms with van der Waals surface area (Å²) < 4.78 is 7.41. The van der Waals surface area contributed by atoms with Crippen molar-refractivity contribution in [3.63, 3.8) is 0 Å². The smallest absolute Gasteiger partial charge is 0.167 e. The van der Waals surface area contributed by atoms with Crippen LogP contribution in [-0.2, 0) is 11.2 Å². The second-order valence-electron chi connectivity index (χ2n) is 6.51. The predicted octanol–water partition coefficient (Wildman–Crippen LogP) is 0.546. The second-order valence-corrected chi connectivity index (χ2v) is 7.11. The molecule has 132 valence electrons. The summed E-state index contributed by atoms with van der Waals surface area (Å²) in [5, 5.41) is 18.9. The van der Waals surface area contributed by atoms with E-state index in [1.54, 1.807) is 10.9 Å². The van der Waals surface area contributed by atoms with Gasteiger partial charge in [0.1, 0.15) is 17.4 Å². The van der Waals surface area contributed by atoms with Gasteiger partial charge in [-0.25, -0.2) is 15.0 Å². The highest BCUT2D eigenvalue weighted by molar-refractivity contribution is 7.81. The Morgan fingerprint density at radius 1 is 1.42 bits per heavy atom. The molecule has 0 spiro atoms. The third-order valence-electron chi connectivity index (χ3n) is 4.23. The van der Waals surface area contributed by atoms with Crippen molar-refractivity contribution in [2.75, 3.05) is 12.3 Å². The number of aryl methyl sites for hydroxylation is 1. The molecular formula is C15H23N5O3S. The van der Waals surface area contributed by atoms with Gasteiger partial charge in [0.2, 0.25) is 0 Å². The van der Waals surface area contributed by atoms with Crippen molar-refractivity contribution >= 4 is 29.6 Å². The van der Waals surface area contributed by atoms with E-state index in [9.17, 15) is 10.2 Å². The molecule has 24 heavy (non-hydrogen) atoms. The van der Waals surface area contributed by atoms with Crippen LogP contribution in [0.1, 0.15) is 32.3 Å². The van der Waals surface area contributed by atoms with Crippen LogP contribution < -0.4 is 5.73 Å². The SMILES string of the molecule is CC(C)CCc1nc(N)c2ncn([C@@H]3O[C@H](CO)[C@@H](O)[C@H]3S)c2n1. The first-order valence-corrected chi connectivity index (χ1v) is 8.55. The van der Waals surface area contributed by atoms with Gasteiger partial charge in [-0.15, -0.1) is 0 Å². The van der Waals surface area contributed by atoms with E-state index in [0.717, 1.165) is 12.8 Å². The molecule has 0 saturated carbocycles. The summed E-state index contributed by atoms with van der Waals surface area (Å²) in [4.78, 5) is 13.2. The van der Waals surface area contributed by atoms with Gasteiger partial charge in [-0.2, -0.15) is 12.6 Å². The molecule has 9 heteroatoms. The number of aliphatic hydroxyl groups is 2. The Hall–Kier alpha value is -1.42. The van der Waals surface area contributed by atoms with Crippen molar-refractivity contribution in [3.05, 3.63) is 12.2 Å². The average Bonchev–Trinajstić information content (AvgIpc) is 3.08. The third-order valence-corrected chi connectivity index (χ3v) is 4.79. The Morgan fingerprint density at radius 2 is 2.17 bits per heavy atom. The molecule has 3 rings (SSSR count). The molecule has 1 fully saturated rings. The normalized spacial score (nSPS) is 27.4. The van der Waals surface area contributed by atoms with Crippen molar-refractivity contribution < 1.29 is 14.9 Å². The van der Waals surface area contributed by atoms with Crippen molar-refractivity contribution in [1.29, 1.82) is 0 Å². The lowest BCUT2D eigenvalue weighted by atomic mass is 10.1. The highest BCUT2D eigenvalue weighted by Gasteiger charge is 2.43. The molecular weight excluding hydrogens is 330 g/mol. The highest BCUT2D eigenvalue weighted by atomic mass is 32.1. The summed E-state index contributed by atoms with van der Waals surface area (Å²) in [6.07, 6.45) is 1.09. The van der Waals surface area contributed by atoms with E-state index in [0.29, 0.717) is 28.7 Å². The van der Waals surface area contributed by atoms with Crippen LogP contribution in [0, 0.1) is 5.92 Å². The first kappa shape index (κ1) is 17.4. The molecule has 8 nitrogen and oxygen atoms in total. The van der Waals surface area contributed by atoms with Crippen LogP contribution >= 0.6 is 12.6 Å². The quantitative estimate of drug-likeness (QED) is 0.579. The lowest BCUT2D eigenvalue weighted by Gasteiger charge is -2.17. The molecule has 0 unspecified atom stereocenters. The molecule has 1 saturated heterocycles. The molecule has 3 heterocycles.